The number of halogens is 1. The number of methoxy groups -OCH3 is 3. The second kappa shape index (κ2) is 6.06. The Morgan fingerprint density at radius 2 is 1.81 bits per heavy atom. The SMILES string of the molecule is COc1ccc(Cl)cc1C(N)C(OC)OC. The van der Waals surface area contributed by atoms with Crippen molar-refractivity contribution in [2.24, 2.45) is 5.73 Å². The summed E-state index contributed by atoms with van der Waals surface area (Å²) in [7, 11) is 4.64. The van der Waals surface area contributed by atoms with Crippen LogP contribution in [0.3, 0.4) is 0 Å². The van der Waals surface area contributed by atoms with Crippen molar-refractivity contribution in [1.82, 2.24) is 0 Å². The molecule has 1 aromatic carbocycles. The lowest BCUT2D eigenvalue weighted by atomic mass is 10.1. The summed E-state index contributed by atoms with van der Waals surface area (Å²) in [5.74, 6) is 0.663. The van der Waals surface area contributed by atoms with Crippen LogP contribution >= 0.6 is 11.6 Å². The van der Waals surface area contributed by atoms with Gasteiger partial charge in [-0.2, -0.15) is 0 Å². The summed E-state index contributed by atoms with van der Waals surface area (Å²) in [5.41, 5.74) is 6.77. The zero-order chi connectivity index (χ0) is 12.1. The quantitative estimate of drug-likeness (QED) is 0.806. The van der Waals surface area contributed by atoms with E-state index in [2.05, 4.69) is 0 Å². The molecule has 0 amide bonds. The zero-order valence-corrected chi connectivity index (χ0v) is 10.3. The minimum absolute atomic E-state index is 0.455. The molecule has 0 saturated heterocycles. The van der Waals surface area contributed by atoms with E-state index in [1.54, 1.807) is 25.3 Å². The molecule has 1 rings (SSSR count). The number of nitrogens with two attached hydrogens (primary N) is 1. The first-order valence-corrected chi connectivity index (χ1v) is 5.16. The van der Waals surface area contributed by atoms with Crippen LogP contribution in [0.2, 0.25) is 5.02 Å². The van der Waals surface area contributed by atoms with E-state index in [-0.39, 0.29) is 0 Å². The Kier molecular flexibility index (Phi) is 5.02. The standard InChI is InChI=1S/C11H16ClNO3/c1-14-9-5-4-7(12)6-8(9)10(13)11(15-2)16-3/h4-6,10-11H,13H2,1-3H3. The highest BCUT2D eigenvalue weighted by atomic mass is 35.5. The molecule has 5 heteroatoms. The smallest absolute Gasteiger partial charge is 0.176 e. The topological polar surface area (TPSA) is 53.7 Å². The lowest BCUT2D eigenvalue weighted by Crippen LogP contribution is -2.29. The van der Waals surface area contributed by atoms with Crippen molar-refractivity contribution in [3.63, 3.8) is 0 Å². The van der Waals surface area contributed by atoms with E-state index in [9.17, 15) is 0 Å². The van der Waals surface area contributed by atoms with Gasteiger partial charge in [0.15, 0.2) is 6.29 Å². The Labute approximate surface area is 100 Å². The Balaban J connectivity index is 3.04. The molecular formula is C11H16ClNO3. The maximum absolute atomic E-state index is 6.02. The van der Waals surface area contributed by atoms with Gasteiger partial charge in [0.05, 0.1) is 13.2 Å². The molecule has 0 aliphatic rings. The van der Waals surface area contributed by atoms with Crippen LogP contribution in [-0.4, -0.2) is 27.6 Å². The van der Waals surface area contributed by atoms with Crippen LogP contribution in [0.25, 0.3) is 0 Å². The monoisotopic (exact) mass is 245 g/mol. The second-order valence-electron chi connectivity index (χ2n) is 3.25. The van der Waals surface area contributed by atoms with Gasteiger partial charge < -0.3 is 19.9 Å². The van der Waals surface area contributed by atoms with Gasteiger partial charge >= 0.3 is 0 Å². The lowest BCUT2D eigenvalue weighted by Gasteiger charge is -2.23. The summed E-state index contributed by atoms with van der Waals surface area (Å²) in [6.45, 7) is 0. The minimum atomic E-state index is -0.535. The van der Waals surface area contributed by atoms with Crippen LogP contribution in [-0.2, 0) is 9.47 Å². The summed E-state index contributed by atoms with van der Waals surface area (Å²) in [6, 6.07) is 4.80. The highest BCUT2D eigenvalue weighted by molar-refractivity contribution is 6.30. The van der Waals surface area contributed by atoms with Gasteiger partial charge in [-0.1, -0.05) is 11.6 Å². The van der Waals surface area contributed by atoms with Gasteiger partial charge in [0.2, 0.25) is 0 Å². The van der Waals surface area contributed by atoms with Crippen molar-refractivity contribution in [3.05, 3.63) is 28.8 Å². The van der Waals surface area contributed by atoms with Crippen LogP contribution < -0.4 is 10.5 Å². The third kappa shape index (κ3) is 2.86. The highest BCUT2D eigenvalue weighted by Gasteiger charge is 2.22. The number of ether oxygens (including phenoxy) is 3. The van der Waals surface area contributed by atoms with Crippen molar-refractivity contribution >= 4 is 11.6 Å². The molecule has 0 saturated carbocycles. The molecule has 0 aliphatic carbocycles. The summed E-state index contributed by atoms with van der Waals surface area (Å²) in [6.07, 6.45) is -0.535. The van der Waals surface area contributed by atoms with E-state index in [4.69, 9.17) is 31.5 Å². The molecule has 0 spiro atoms. The summed E-state index contributed by atoms with van der Waals surface area (Å²) >= 11 is 5.92. The van der Waals surface area contributed by atoms with Gasteiger partial charge in [-0.3, -0.25) is 0 Å². The average molecular weight is 246 g/mol. The van der Waals surface area contributed by atoms with Crippen LogP contribution in [0.15, 0.2) is 18.2 Å². The van der Waals surface area contributed by atoms with Crippen LogP contribution in [0, 0.1) is 0 Å². The molecule has 1 aromatic rings. The Morgan fingerprint density at radius 1 is 1.19 bits per heavy atom. The van der Waals surface area contributed by atoms with Crippen molar-refractivity contribution in [3.8, 4) is 5.75 Å². The third-order valence-electron chi connectivity index (χ3n) is 2.31. The van der Waals surface area contributed by atoms with Gasteiger partial charge in [-0.15, -0.1) is 0 Å². The average Bonchev–Trinajstić information content (AvgIpc) is 2.30. The predicted molar refractivity (Wildman–Crippen MR) is 62.7 cm³/mol. The Hall–Kier alpha value is -0.810. The van der Waals surface area contributed by atoms with Crippen molar-refractivity contribution in [1.29, 1.82) is 0 Å². The van der Waals surface area contributed by atoms with Gasteiger partial charge in [0.1, 0.15) is 5.75 Å². The Bertz CT molecular complexity index is 342. The third-order valence-corrected chi connectivity index (χ3v) is 2.54. The fraction of sp³-hybridized carbons (Fsp3) is 0.455. The van der Waals surface area contributed by atoms with E-state index in [1.165, 1.54) is 14.2 Å². The van der Waals surface area contributed by atoms with Crippen LogP contribution in [0.1, 0.15) is 11.6 Å². The fourth-order valence-electron chi connectivity index (χ4n) is 1.50. The molecule has 16 heavy (non-hydrogen) atoms. The van der Waals surface area contributed by atoms with Gasteiger partial charge in [-0.25, -0.2) is 0 Å². The maximum Gasteiger partial charge on any atom is 0.176 e. The van der Waals surface area contributed by atoms with E-state index in [1.807, 2.05) is 0 Å². The van der Waals surface area contributed by atoms with E-state index >= 15 is 0 Å². The van der Waals surface area contributed by atoms with Gasteiger partial charge in [-0.05, 0) is 18.2 Å². The molecule has 0 heterocycles. The molecule has 2 N–H and O–H groups in total. The normalized spacial score (nSPS) is 12.9. The molecule has 4 nitrogen and oxygen atoms in total. The maximum atomic E-state index is 6.02. The molecule has 90 valence electrons. The number of benzene rings is 1. The molecule has 1 unspecified atom stereocenters. The lowest BCUT2D eigenvalue weighted by molar-refractivity contribution is -0.117. The fourth-order valence-corrected chi connectivity index (χ4v) is 1.68. The first kappa shape index (κ1) is 13.3. The van der Waals surface area contributed by atoms with E-state index in [0.29, 0.717) is 10.8 Å². The predicted octanol–water partition coefficient (Wildman–Crippen LogP) is 1.97. The minimum Gasteiger partial charge on any atom is -0.496 e. The van der Waals surface area contributed by atoms with Gasteiger partial charge in [0.25, 0.3) is 0 Å². The Morgan fingerprint density at radius 3 is 2.31 bits per heavy atom. The molecule has 0 aromatic heterocycles. The van der Waals surface area contributed by atoms with E-state index < -0.39 is 12.3 Å². The highest BCUT2D eigenvalue weighted by Crippen LogP contribution is 2.29. The number of hydrogen-bond acceptors (Lipinski definition) is 4. The summed E-state index contributed by atoms with van der Waals surface area (Å²) < 4.78 is 15.4. The van der Waals surface area contributed by atoms with Crippen LogP contribution in [0.4, 0.5) is 0 Å². The van der Waals surface area contributed by atoms with Crippen molar-refractivity contribution in [2.45, 2.75) is 12.3 Å². The van der Waals surface area contributed by atoms with Crippen molar-refractivity contribution in [2.75, 3.05) is 21.3 Å². The molecule has 0 bridgehead atoms. The van der Waals surface area contributed by atoms with Gasteiger partial charge in [0, 0.05) is 24.8 Å². The van der Waals surface area contributed by atoms with E-state index in [0.717, 1.165) is 5.56 Å². The van der Waals surface area contributed by atoms with Crippen LogP contribution in [0.5, 0.6) is 5.75 Å². The summed E-state index contributed by atoms with van der Waals surface area (Å²) in [5, 5.41) is 0.595. The largest absolute Gasteiger partial charge is 0.496 e. The van der Waals surface area contributed by atoms with Crippen molar-refractivity contribution < 1.29 is 14.2 Å². The zero-order valence-electron chi connectivity index (χ0n) is 9.57. The molecule has 0 fully saturated rings. The number of hydrogen-bond donors (Lipinski definition) is 1. The summed E-state index contributed by atoms with van der Waals surface area (Å²) in [4.78, 5) is 0. The molecule has 0 radical (unpaired) electrons. The first-order valence-electron chi connectivity index (χ1n) is 4.78. The molecular weight excluding hydrogens is 230 g/mol. The molecule has 1 atom stereocenters. The molecule has 0 aliphatic heterocycles. The number of rotatable bonds is 5. The second-order valence-corrected chi connectivity index (χ2v) is 3.69. The first-order chi connectivity index (χ1) is 7.63.